The molecule has 132 valence electrons. The van der Waals surface area contributed by atoms with Gasteiger partial charge in [0.15, 0.2) is 0 Å². The molecule has 0 aliphatic heterocycles. The van der Waals surface area contributed by atoms with Crippen LogP contribution in [0.2, 0.25) is 0 Å². The second-order valence-electron chi connectivity index (χ2n) is 6.15. The molecule has 0 saturated carbocycles. The Morgan fingerprint density at radius 3 is 2.27 bits per heavy atom. The Morgan fingerprint density at radius 1 is 1.04 bits per heavy atom. The highest BCUT2D eigenvalue weighted by atomic mass is 16.2. The van der Waals surface area contributed by atoms with Crippen molar-refractivity contribution in [2.45, 2.75) is 20.4 Å². The van der Waals surface area contributed by atoms with Gasteiger partial charge in [-0.1, -0.05) is 29.3 Å². The lowest BCUT2D eigenvalue weighted by Gasteiger charge is -2.12. The van der Waals surface area contributed by atoms with Gasteiger partial charge < -0.3 is 5.73 Å². The van der Waals surface area contributed by atoms with Crippen LogP contribution in [0.3, 0.4) is 0 Å². The van der Waals surface area contributed by atoms with Gasteiger partial charge in [0.25, 0.3) is 11.5 Å². The van der Waals surface area contributed by atoms with Gasteiger partial charge in [-0.15, -0.1) is 0 Å². The van der Waals surface area contributed by atoms with Crippen LogP contribution >= 0.6 is 0 Å². The summed E-state index contributed by atoms with van der Waals surface area (Å²) in [7, 11) is 0. The van der Waals surface area contributed by atoms with Crippen LogP contribution < -0.4 is 17.0 Å². The number of nitrogens with two attached hydrogens (primary N) is 1. The van der Waals surface area contributed by atoms with Crippen molar-refractivity contribution in [1.29, 1.82) is 0 Å². The Morgan fingerprint density at radius 2 is 1.65 bits per heavy atom. The number of pyridine rings is 1. The number of anilines is 1. The molecule has 7 nitrogen and oxygen atoms in total. The summed E-state index contributed by atoms with van der Waals surface area (Å²) < 4.78 is 1.81. The largest absolute Gasteiger partial charge is 0.384 e. The fraction of sp³-hybridized carbons (Fsp3) is 0.158. The number of hydrogen-bond donors (Lipinski definition) is 1. The minimum absolute atomic E-state index is 0.0596. The summed E-state index contributed by atoms with van der Waals surface area (Å²) >= 11 is 0. The molecule has 0 fully saturated rings. The van der Waals surface area contributed by atoms with Crippen LogP contribution in [0.25, 0.3) is 0 Å². The van der Waals surface area contributed by atoms with E-state index in [4.69, 9.17) is 5.73 Å². The van der Waals surface area contributed by atoms with E-state index in [2.05, 4.69) is 4.98 Å². The summed E-state index contributed by atoms with van der Waals surface area (Å²) in [4.78, 5) is 41.6. The van der Waals surface area contributed by atoms with Gasteiger partial charge in [-0.3, -0.25) is 19.1 Å². The first-order valence-corrected chi connectivity index (χ1v) is 8.01. The molecule has 3 aromatic rings. The Kier molecular flexibility index (Phi) is 4.53. The van der Waals surface area contributed by atoms with E-state index >= 15 is 0 Å². The maximum absolute atomic E-state index is 12.8. The van der Waals surface area contributed by atoms with Gasteiger partial charge in [0, 0.05) is 24.0 Å². The lowest BCUT2D eigenvalue weighted by Crippen LogP contribution is -2.43. The molecule has 0 bridgehead atoms. The van der Waals surface area contributed by atoms with Gasteiger partial charge >= 0.3 is 5.69 Å². The van der Waals surface area contributed by atoms with Gasteiger partial charge in [-0.05, 0) is 31.5 Å². The van der Waals surface area contributed by atoms with Crippen LogP contribution in [0.1, 0.15) is 27.0 Å². The van der Waals surface area contributed by atoms with Crippen molar-refractivity contribution in [3.63, 3.8) is 0 Å². The molecule has 0 spiro atoms. The molecule has 1 aromatic carbocycles. The smallest absolute Gasteiger partial charge is 0.340 e. The topological polar surface area (TPSA) is 100.0 Å². The van der Waals surface area contributed by atoms with Crippen molar-refractivity contribution in [2.24, 2.45) is 0 Å². The maximum atomic E-state index is 12.8. The van der Waals surface area contributed by atoms with Crippen LogP contribution in [0.5, 0.6) is 0 Å². The Bertz CT molecular complexity index is 1080. The summed E-state index contributed by atoms with van der Waals surface area (Å²) in [5.74, 6) is -0.803. The molecule has 0 radical (unpaired) electrons. The number of rotatable bonds is 3. The van der Waals surface area contributed by atoms with E-state index in [1.165, 1.54) is 24.5 Å². The fourth-order valence-corrected chi connectivity index (χ4v) is 2.91. The monoisotopic (exact) mass is 350 g/mol. The van der Waals surface area contributed by atoms with Crippen molar-refractivity contribution in [3.8, 4) is 0 Å². The quantitative estimate of drug-likeness (QED) is 0.768. The van der Waals surface area contributed by atoms with Gasteiger partial charge in [0.2, 0.25) is 0 Å². The zero-order chi connectivity index (χ0) is 18.8. The average Bonchev–Trinajstić information content (AvgIpc) is 2.58. The third-order valence-electron chi connectivity index (χ3n) is 3.97. The van der Waals surface area contributed by atoms with Crippen molar-refractivity contribution < 1.29 is 4.79 Å². The highest BCUT2D eigenvalue weighted by Gasteiger charge is 2.17. The number of aryl methyl sites for hydroxylation is 2. The van der Waals surface area contributed by atoms with E-state index in [1.54, 1.807) is 0 Å². The van der Waals surface area contributed by atoms with Crippen LogP contribution in [0, 0.1) is 13.8 Å². The molecular weight excluding hydrogens is 332 g/mol. The molecule has 0 amide bonds. The second kappa shape index (κ2) is 6.79. The Labute approximate surface area is 149 Å². The molecular formula is C19H18N4O3. The van der Waals surface area contributed by atoms with Gasteiger partial charge in [-0.25, -0.2) is 9.36 Å². The molecule has 0 atom stereocenters. The number of nitrogen functional groups attached to an aromatic ring is 1. The predicted octanol–water partition coefficient (Wildman–Crippen LogP) is 1.34. The maximum Gasteiger partial charge on any atom is 0.340 e. The molecule has 7 heteroatoms. The third-order valence-corrected chi connectivity index (χ3v) is 3.97. The molecule has 0 aliphatic rings. The van der Waals surface area contributed by atoms with Gasteiger partial charge in [-0.2, -0.15) is 0 Å². The molecule has 2 aromatic heterocycles. The van der Waals surface area contributed by atoms with Gasteiger partial charge in [0.05, 0.1) is 6.54 Å². The summed E-state index contributed by atoms with van der Waals surface area (Å²) in [5, 5.41) is 0. The highest BCUT2D eigenvalue weighted by Crippen LogP contribution is 2.10. The number of hydrogen-bond acceptors (Lipinski definition) is 5. The third kappa shape index (κ3) is 3.32. The van der Waals surface area contributed by atoms with Crippen LogP contribution in [-0.4, -0.2) is 20.0 Å². The lowest BCUT2D eigenvalue weighted by atomic mass is 10.1. The van der Waals surface area contributed by atoms with Crippen molar-refractivity contribution >= 4 is 11.7 Å². The van der Waals surface area contributed by atoms with E-state index < -0.39 is 17.2 Å². The normalized spacial score (nSPS) is 10.7. The summed E-state index contributed by atoms with van der Waals surface area (Å²) in [5.41, 5.74) is 7.57. The lowest BCUT2D eigenvalue weighted by molar-refractivity contribution is 0.0955. The van der Waals surface area contributed by atoms with Crippen molar-refractivity contribution in [3.05, 3.63) is 91.9 Å². The molecule has 2 heterocycles. The van der Waals surface area contributed by atoms with Crippen LogP contribution in [0.4, 0.5) is 5.82 Å². The molecule has 0 unspecified atom stereocenters. The minimum Gasteiger partial charge on any atom is -0.384 e. The minimum atomic E-state index is -0.768. The van der Waals surface area contributed by atoms with E-state index in [0.717, 1.165) is 31.9 Å². The van der Waals surface area contributed by atoms with E-state index in [-0.39, 0.29) is 17.9 Å². The molecule has 0 saturated heterocycles. The van der Waals surface area contributed by atoms with Crippen LogP contribution in [-0.2, 0) is 6.54 Å². The van der Waals surface area contributed by atoms with Crippen molar-refractivity contribution in [2.75, 3.05) is 5.73 Å². The number of benzene rings is 1. The standard InChI is InChI=1S/C19H18N4O3/c1-12-7-13(2)9-14(8-12)11-22-17(24)10-16(20)23(19(22)26)18(25)15-3-5-21-6-4-15/h3-10H,11,20H2,1-2H3. The SMILES string of the molecule is Cc1cc(C)cc(Cn2c(=O)cc(N)n(C(=O)c3ccncc3)c2=O)c1. The van der Waals surface area contributed by atoms with Crippen molar-refractivity contribution in [1.82, 2.24) is 14.1 Å². The number of carbonyl (C=O) groups is 1. The zero-order valence-electron chi connectivity index (χ0n) is 14.5. The van der Waals surface area contributed by atoms with Gasteiger partial charge in [0.1, 0.15) is 5.82 Å². The first kappa shape index (κ1) is 17.3. The van der Waals surface area contributed by atoms with E-state index in [9.17, 15) is 14.4 Å². The number of carbonyl (C=O) groups excluding carboxylic acids is 1. The predicted molar refractivity (Wildman–Crippen MR) is 98.4 cm³/mol. The fourth-order valence-electron chi connectivity index (χ4n) is 2.91. The second-order valence-corrected chi connectivity index (χ2v) is 6.15. The average molecular weight is 350 g/mol. The molecule has 26 heavy (non-hydrogen) atoms. The first-order valence-electron chi connectivity index (χ1n) is 8.01. The number of nitrogens with zero attached hydrogens (tertiary/aromatic N) is 3. The first-order chi connectivity index (χ1) is 12.4. The number of aromatic nitrogens is 3. The zero-order valence-corrected chi connectivity index (χ0v) is 14.5. The Balaban J connectivity index is 2.12. The molecule has 3 rings (SSSR count). The van der Waals surface area contributed by atoms with E-state index in [0.29, 0.717) is 0 Å². The Hall–Kier alpha value is -3.48. The highest BCUT2D eigenvalue weighted by molar-refractivity contribution is 5.97. The summed E-state index contributed by atoms with van der Waals surface area (Å²) in [6.07, 6.45) is 2.89. The van der Waals surface area contributed by atoms with Crippen LogP contribution in [0.15, 0.2) is 58.4 Å². The summed E-state index contributed by atoms with van der Waals surface area (Å²) in [6.45, 7) is 3.94. The van der Waals surface area contributed by atoms with E-state index in [1.807, 2.05) is 32.0 Å². The summed E-state index contributed by atoms with van der Waals surface area (Å²) in [6, 6.07) is 9.83. The molecule has 2 N–H and O–H groups in total. The molecule has 0 aliphatic carbocycles.